The number of fused-ring (bicyclic) bond motifs is 1. The Morgan fingerprint density at radius 1 is 1.20 bits per heavy atom. The quantitative estimate of drug-likeness (QED) is 0.610. The Morgan fingerprint density at radius 3 is 2.53 bits per heavy atom. The van der Waals surface area contributed by atoms with Crippen molar-refractivity contribution in [3.8, 4) is 0 Å². The summed E-state index contributed by atoms with van der Waals surface area (Å²) in [6, 6.07) is 1.47. The summed E-state index contributed by atoms with van der Waals surface area (Å²) in [4.78, 5) is 0. The molecule has 0 aliphatic heterocycles. The van der Waals surface area contributed by atoms with Gasteiger partial charge in [0.1, 0.15) is 6.17 Å². The molecule has 2 rings (SSSR count). The van der Waals surface area contributed by atoms with Gasteiger partial charge < -0.3 is 0 Å². The summed E-state index contributed by atoms with van der Waals surface area (Å²) in [6.07, 6.45) is 1.86. The van der Waals surface area contributed by atoms with Gasteiger partial charge in [-0.05, 0) is 24.1 Å². The number of aryl methyl sites for hydroxylation is 1. The van der Waals surface area contributed by atoms with E-state index >= 15 is 0 Å². The van der Waals surface area contributed by atoms with Gasteiger partial charge in [0.05, 0.1) is 0 Å². The molecule has 1 aliphatic carbocycles. The van der Waals surface area contributed by atoms with Gasteiger partial charge in [-0.15, -0.1) is 0 Å². The Bertz CT molecular complexity index is 435. The van der Waals surface area contributed by atoms with Crippen LogP contribution < -0.4 is 0 Å². The van der Waals surface area contributed by atoms with Crippen molar-refractivity contribution >= 4 is 6.08 Å². The van der Waals surface area contributed by atoms with Gasteiger partial charge in [0.2, 0.25) is 0 Å². The molecular weight excluding hydrogens is 201 g/mol. The zero-order valence-electron chi connectivity index (χ0n) is 8.52. The average Bonchev–Trinajstić information content (AvgIpc) is 2.20. The molecule has 0 spiro atoms. The van der Waals surface area contributed by atoms with Crippen LogP contribution in [-0.4, -0.2) is 0 Å². The minimum Gasteiger partial charge on any atom is -0.242 e. The van der Waals surface area contributed by atoms with E-state index in [4.69, 9.17) is 0 Å². The summed E-state index contributed by atoms with van der Waals surface area (Å²) in [5.41, 5.74) is 0.503. The van der Waals surface area contributed by atoms with Crippen molar-refractivity contribution < 1.29 is 13.2 Å². The molecule has 0 saturated heterocycles. The van der Waals surface area contributed by atoms with Crippen LogP contribution in [0.2, 0.25) is 0 Å². The molecule has 0 heterocycles. The van der Waals surface area contributed by atoms with E-state index < -0.39 is 23.7 Å². The van der Waals surface area contributed by atoms with Gasteiger partial charge in [-0.25, -0.2) is 13.2 Å². The summed E-state index contributed by atoms with van der Waals surface area (Å²) in [5.74, 6) is -2.40. The van der Waals surface area contributed by atoms with Crippen molar-refractivity contribution in [1.29, 1.82) is 0 Å². The number of halogens is 3. The molecule has 1 aromatic rings. The fraction of sp³-hybridized carbons (Fsp3) is 0.333. The zero-order valence-corrected chi connectivity index (χ0v) is 8.52. The summed E-state index contributed by atoms with van der Waals surface area (Å²) in [6.45, 7) is 3.11. The third-order valence-electron chi connectivity index (χ3n) is 2.78. The van der Waals surface area contributed by atoms with Crippen molar-refractivity contribution in [3.05, 3.63) is 40.5 Å². The Kier molecular flexibility index (Phi) is 2.33. The van der Waals surface area contributed by atoms with Crippen molar-refractivity contribution in [3.63, 3.8) is 0 Å². The second-order valence-corrected chi connectivity index (χ2v) is 3.94. The molecule has 0 bridgehead atoms. The number of hydrogen-bond donors (Lipinski definition) is 0. The van der Waals surface area contributed by atoms with Gasteiger partial charge in [-0.2, -0.15) is 0 Å². The van der Waals surface area contributed by atoms with Crippen LogP contribution in [0.15, 0.2) is 12.1 Å². The molecule has 80 valence electrons. The monoisotopic (exact) mass is 212 g/mol. The maximum atomic E-state index is 13.7. The highest BCUT2D eigenvalue weighted by Gasteiger charge is 2.28. The van der Waals surface area contributed by atoms with Crippen molar-refractivity contribution in [2.24, 2.45) is 5.92 Å². The highest BCUT2D eigenvalue weighted by molar-refractivity contribution is 5.59. The summed E-state index contributed by atoms with van der Waals surface area (Å²) in [5, 5.41) is 0. The topological polar surface area (TPSA) is 0 Å². The molecule has 0 fully saturated rings. The molecule has 0 saturated carbocycles. The maximum absolute atomic E-state index is 13.7. The smallest absolute Gasteiger partial charge is 0.165 e. The average molecular weight is 212 g/mol. The number of hydrogen-bond acceptors (Lipinski definition) is 0. The molecule has 0 aromatic heterocycles. The minimum atomic E-state index is -1.46. The van der Waals surface area contributed by atoms with Gasteiger partial charge in [0.25, 0.3) is 0 Å². The zero-order chi connectivity index (χ0) is 11.2. The van der Waals surface area contributed by atoms with Crippen molar-refractivity contribution in [2.75, 3.05) is 0 Å². The first-order valence-electron chi connectivity index (χ1n) is 4.83. The van der Waals surface area contributed by atoms with Gasteiger partial charge in [-0.3, -0.25) is 0 Å². The summed E-state index contributed by atoms with van der Waals surface area (Å²) in [7, 11) is 0. The first kappa shape index (κ1) is 10.3. The number of alkyl halides is 1. The Balaban J connectivity index is 2.69. The standard InChI is InChI=1S/C12H11F3/c1-6-3-4-8-5-7(2)11(14)12(15)9(8)10(6)13/h3-6,10H,1-2H3. The van der Waals surface area contributed by atoms with Gasteiger partial charge in [0, 0.05) is 11.5 Å². The molecule has 1 aliphatic rings. The fourth-order valence-corrected chi connectivity index (χ4v) is 1.83. The fourth-order valence-electron chi connectivity index (χ4n) is 1.83. The predicted octanol–water partition coefficient (Wildman–Crippen LogP) is 3.95. The van der Waals surface area contributed by atoms with Gasteiger partial charge in [-0.1, -0.05) is 19.1 Å². The van der Waals surface area contributed by atoms with Crippen LogP contribution in [0.3, 0.4) is 0 Å². The van der Waals surface area contributed by atoms with Crippen LogP contribution >= 0.6 is 0 Å². The SMILES string of the molecule is Cc1cc2c(c(F)c1F)C(F)C(C)C=C2. The molecule has 0 N–H and O–H groups in total. The Morgan fingerprint density at radius 2 is 1.87 bits per heavy atom. The van der Waals surface area contributed by atoms with Crippen LogP contribution in [0, 0.1) is 24.5 Å². The van der Waals surface area contributed by atoms with Crippen molar-refractivity contribution in [1.82, 2.24) is 0 Å². The van der Waals surface area contributed by atoms with E-state index in [2.05, 4.69) is 0 Å². The normalized spacial score (nSPS) is 24.1. The molecule has 0 nitrogen and oxygen atoms in total. The maximum Gasteiger partial charge on any atom is 0.165 e. The lowest BCUT2D eigenvalue weighted by atomic mass is 9.87. The third kappa shape index (κ3) is 1.46. The molecule has 2 atom stereocenters. The summed E-state index contributed by atoms with van der Waals surface area (Å²) < 4.78 is 40.5. The largest absolute Gasteiger partial charge is 0.242 e. The van der Waals surface area contributed by atoms with E-state index in [1.807, 2.05) is 0 Å². The molecule has 15 heavy (non-hydrogen) atoms. The first-order chi connectivity index (χ1) is 7.02. The number of allylic oxidation sites excluding steroid dienone is 1. The second-order valence-electron chi connectivity index (χ2n) is 3.94. The molecule has 0 radical (unpaired) electrons. The van der Waals surface area contributed by atoms with Crippen LogP contribution in [0.25, 0.3) is 6.08 Å². The molecular formula is C12H11F3. The van der Waals surface area contributed by atoms with E-state index in [1.54, 1.807) is 19.1 Å². The van der Waals surface area contributed by atoms with Gasteiger partial charge >= 0.3 is 0 Å². The third-order valence-corrected chi connectivity index (χ3v) is 2.78. The number of rotatable bonds is 0. The first-order valence-corrected chi connectivity index (χ1v) is 4.83. The molecule has 0 amide bonds. The molecule has 2 unspecified atom stereocenters. The van der Waals surface area contributed by atoms with Crippen LogP contribution in [-0.2, 0) is 0 Å². The lowest BCUT2D eigenvalue weighted by Gasteiger charge is -2.22. The van der Waals surface area contributed by atoms with E-state index in [0.29, 0.717) is 5.56 Å². The van der Waals surface area contributed by atoms with E-state index in [1.165, 1.54) is 13.0 Å². The number of benzene rings is 1. The van der Waals surface area contributed by atoms with Crippen molar-refractivity contribution in [2.45, 2.75) is 20.0 Å². The lowest BCUT2D eigenvalue weighted by molar-refractivity contribution is 0.268. The van der Waals surface area contributed by atoms with E-state index in [9.17, 15) is 13.2 Å². The summed E-state index contributed by atoms with van der Waals surface area (Å²) >= 11 is 0. The molecule has 3 heteroatoms. The van der Waals surface area contributed by atoms with Crippen LogP contribution in [0.4, 0.5) is 13.2 Å². The predicted molar refractivity (Wildman–Crippen MR) is 53.1 cm³/mol. The second kappa shape index (κ2) is 3.40. The Hall–Kier alpha value is -1.25. The Labute approximate surface area is 86.4 Å². The van der Waals surface area contributed by atoms with E-state index in [-0.39, 0.29) is 11.1 Å². The molecule has 1 aromatic carbocycles. The van der Waals surface area contributed by atoms with Crippen LogP contribution in [0.1, 0.15) is 29.8 Å². The lowest BCUT2D eigenvalue weighted by Crippen LogP contribution is -2.12. The van der Waals surface area contributed by atoms with E-state index in [0.717, 1.165) is 0 Å². The minimum absolute atomic E-state index is 0.145. The van der Waals surface area contributed by atoms with Gasteiger partial charge in [0.15, 0.2) is 11.6 Å². The highest BCUT2D eigenvalue weighted by Crippen LogP contribution is 2.38. The highest BCUT2D eigenvalue weighted by atomic mass is 19.2. The van der Waals surface area contributed by atoms with Crippen LogP contribution in [0.5, 0.6) is 0 Å².